The van der Waals surface area contributed by atoms with Crippen LogP contribution in [0.5, 0.6) is 0 Å². The van der Waals surface area contributed by atoms with Crippen molar-refractivity contribution in [1.82, 2.24) is 24.8 Å². The third-order valence-corrected chi connectivity index (χ3v) is 6.95. The second kappa shape index (κ2) is 8.61. The number of nitrogens with one attached hydrogen (secondary N) is 1. The molecule has 0 atom stereocenters. The quantitative estimate of drug-likeness (QED) is 0.363. The number of carbonyl (C=O) groups is 1. The molecule has 3 N–H and O–H groups in total. The van der Waals surface area contributed by atoms with Crippen LogP contribution >= 0.6 is 0 Å². The number of aromatic nitrogens is 4. The van der Waals surface area contributed by atoms with Crippen LogP contribution < -0.4 is 11.1 Å². The first-order valence-electron chi connectivity index (χ1n) is 12.1. The number of nitrogens with zero attached hydrogens (tertiary/aromatic N) is 4. The van der Waals surface area contributed by atoms with E-state index in [1.165, 1.54) is 0 Å². The first-order valence-corrected chi connectivity index (χ1v) is 12.1. The van der Waals surface area contributed by atoms with E-state index in [1.807, 2.05) is 59.2 Å². The van der Waals surface area contributed by atoms with Gasteiger partial charge in [-0.2, -0.15) is 0 Å². The van der Waals surface area contributed by atoms with Gasteiger partial charge in [0.2, 0.25) is 5.91 Å². The molecule has 2 aromatic carbocycles. The Morgan fingerprint density at radius 3 is 2.39 bits per heavy atom. The van der Waals surface area contributed by atoms with Crippen LogP contribution in [0.4, 0.5) is 5.82 Å². The van der Waals surface area contributed by atoms with Crippen LogP contribution in [0, 0.1) is 0 Å². The van der Waals surface area contributed by atoms with Gasteiger partial charge in [0.15, 0.2) is 11.5 Å². The summed E-state index contributed by atoms with van der Waals surface area (Å²) in [5.41, 5.74) is 12.2. The fraction of sp³-hybridized carbons (Fsp3) is 0.172. The van der Waals surface area contributed by atoms with E-state index in [4.69, 9.17) is 15.7 Å². The molecule has 0 unspecified atom stereocenters. The van der Waals surface area contributed by atoms with Gasteiger partial charge in [-0.25, -0.2) is 15.0 Å². The number of hydrogen-bond donors (Lipinski definition) is 2. The van der Waals surface area contributed by atoms with E-state index in [9.17, 15) is 4.79 Å². The van der Waals surface area contributed by atoms with Crippen molar-refractivity contribution in [2.45, 2.75) is 31.7 Å². The van der Waals surface area contributed by atoms with Crippen molar-refractivity contribution in [2.75, 3.05) is 5.73 Å². The van der Waals surface area contributed by atoms with Gasteiger partial charge in [-0.3, -0.25) is 9.36 Å². The molecule has 0 bridgehead atoms. The molecule has 0 aliphatic heterocycles. The minimum Gasteiger partial charge on any atom is -0.383 e. The molecule has 6 rings (SSSR count). The van der Waals surface area contributed by atoms with Crippen LogP contribution in [0.2, 0.25) is 0 Å². The summed E-state index contributed by atoms with van der Waals surface area (Å²) in [6.45, 7) is 1.58. The van der Waals surface area contributed by atoms with Crippen molar-refractivity contribution in [3.05, 3.63) is 90.6 Å². The van der Waals surface area contributed by atoms with Gasteiger partial charge >= 0.3 is 0 Å². The van der Waals surface area contributed by atoms with Crippen LogP contribution in [0.15, 0.2) is 85.1 Å². The lowest BCUT2D eigenvalue weighted by atomic mass is 9.71. The number of anilines is 1. The number of hydrogen-bond acceptors (Lipinski definition) is 5. The highest BCUT2D eigenvalue weighted by Crippen LogP contribution is 2.42. The van der Waals surface area contributed by atoms with Crippen LogP contribution in [-0.4, -0.2) is 25.4 Å². The number of imidazole rings is 1. The molecular formula is C29H26N6O. The lowest BCUT2D eigenvalue weighted by Crippen LogP contribution is -2.50. The van der Waals surface area contributed by atoms with Gasteiger partial charge in [0.1, 0.15) is 11.3 Å². The molecule has 1 saturated carbocycles. The van der Waals surface area contributed by atoms with Crippen LogP contribution in [0.25, 0.3) is 39.5 Å². The van der Waals surface area contributed by atoms with Crippen molar-refractivity contribution in [2.24, 2.45) is 0 Å². The summed E-state index contributed by atoms with van der Waals surface area (Å²) in [5, 5.41) is 3.17. The first kappa shape index (κ1) is 22.0. The summed E-state index contributed by atoms with van der Waals surface area (Å²) in [4.78, 5) is 26.1. The van der Waals surface area contributed by atoms with Gasteiger partial charge in [0, 0.05) is 24.4 Å². The maximum absolute atomic E-state index is 11.9. The van der Waals surface area contributed by atoms with E-state index in [0.29, 0.717) is 11.6 Å². The summed E-state index contributed by atoms with van der Waals surface area (Å²) in [7, 11) is 0. The van der Waals surface area contributed by atoms with Gasteiger partial charge in [-0.1, -0.05) is 42.5 Å². The molecular weight excluding hydrogens is 448 g/mol. The average Bonchev–Trinajstić information content (AvgIpc) is 3.25. The maximum Gasteiger partial charge on any atom is 0.217 e. The summed E-state index contributed by atoms with van der Waals surface area (Å²) in [6.07, 6.45) is 4.66. The van der Waals surface area contributed by atoms with E-state index in [2.05, 4.69) is 34.6 Å². The van der Waals surface area contributed by atoms with Crippen molar-refractivity contribution in [1.29, 1.82) is 0 Å². The van der Waals surface area contributed by atoms with Gasteiger partial charge in [0.05, 0.1) is 16.8 Å². The number of benzene rings is 2. The maximum atomic E-state index is 11.9. The summed E-state index contributed by atoms with van der Waals surface area (Å²) < 4.78 is 2.03. The van der Waals surface area contributed by atoms with Crippen LogP contribution in [0.1, 0.15) is 31.7 Å². The predicted octanol–water partition coefficient (Wildman–Crippen LogP) is 5.25. The van der Waals surface area contributed by atoms with Crippen molar-refractivity contribution >= 4 is 22.9 Å². The summed E-state index contributed by atoms with van der Waals surface area (Å²) >= 11 is 0. The Morgan fingerprint density at radius 2 is 1.72 bits per heavy atom. The minimum atomic E-state index is -0.281. The van der Waals surface area contributed by atoms with E-state index in [-0.39, 0.29) is 11.4 Å². The zero-order valence-corrected chi connectivity index (χ0v) is 20.0. The first-order chi connectivity index (χ1) is 17.5. The Bertz CT molecular complexity index is 1570. The summed E-state index contributed by atoms with van der Waals surface area (Å²) in [5.74, 6) is 1.08. The molecule has 1 aliphatic carbocycles. The molecule has 7 nitrogen and oxygen atoms in total. The van der Waals surface area contributed by atoms with E-state index in [0.717, 1.165) is 58.5 Å². The zero-order chi connectivity index (χ0) is 24.7. The smallest absolute Gasteiger partial charge is 0.217 e. The highest BCUT2D eigenvalue weighted by Gasteiger charge is 2.39. The standard InChI is InChI=1S/C29H26N6O/c1-19(36)34-29(16-6-17-29)21-10-12-22(13-11-21)35-27(23-9-5-18-31-26(23)30)33-25-15-14-24(32-28(25)35)20-7-3-2-4-8-20/h2-5,7-15,18H,6,16-17H2,1H3,(H2,30,31)(H,34,36). The Morgan fingerprint density at radius 1 is 0.944 bits per heavy atom. The number of nitrogens with two attached hydrogens (primary N) is 1. The Kier molecular flexibility index (Phi) is 5.25. The van der Waals surface area contributed by atoms with Crippen molar-refractivity contribution in [3.63, 3.8) is 0 Å². The lowest BCUT2D eigenvalue weighted by molar-refractivity contribution is -0.122. The van der Waals surface area contributed by atoms with Gasteiger partial charge in [0.25, 0.3) is 0 Å². The molecule has 5 aromatic rings. The molecule has 36 heavy (non-hydrogen) atoms. The van der Waals surface area contributed by atoms with E-state index in [1.54, 1.807) is 13.1 Å². The Hall–Kier alpha value is -4.52. The third-order valence-electron chi connectivity index (χ3n) is 6.95. The highest BCUT2D eigenvalue weighted by atomic mass is 16.1. The van der Waals surface area contributed by atoms with Crippen molar-refractivity contribution < 1.29 is 4.79 Å². The molecule has 3 heterocycles. The average molecular weight is 475 g/mol. The normalized spacial score (nSPS) is 14.4. The molecule has 7 heteroatoms. The molecule has 1 aliphatic rings. The SMILES string of the molecule is CC(=O)NC1(c2ccc(-n3c(-c4cccnc4N)nc4ccc(-c5ccccc5)nc43)cc2)CCC1. The van der Waals surface area contributed by atoms with Crippen molar-refractivity contribution in [3.8, 4) is 28.3 Å². The number of pyridine rings is 2. The number of nitrogen functional groups attached to an aromatic ring is 1. The van der Waals surface area contributed by atoms with E-state index < -0.39 is 0 Å². The largest absolute Gasteiger partial charge is 0.383 e. The Balaban J connectivity index is 1.53. The number of amides is 1. The molecule has 3 aromatic heterocycles. The number of carbonyl (C=O) groups excluding carboxylic acids is 1. The fourth-order valence-corrected chi connectivity index (χ4v) is 5.04. The van der Waals surface area contributed by atoms with Gasteiger partial charge in [-0.15, -0.1) is 0 Å². The molecule has 1 amide bonds. The second-order valence-electron chi connectivity index (χ2n) is 9.28. The topological polar surface area (TPSA) is 98.7 Å². The van der Waals surface area contributed by atoms with Gasteiger partial charge in [-0.05, 0) is 61.2 Å². The lowest BCUT2D eigenvalue weighted by Gasteiger charge is -2.43. The van der Waals surface area contributed by atoms with Gasteiger partial charge < -0.3 is 11.1 Å². The zero-order valence-electron chi connectivity index (χ0n) is 20.0. The third kappa shape index (κ3) is 3.69. The second-order valence-corrected chi connectivity index (χ2v) is 9.28. The van der Waals surface area contributed by atoms with Crippen LogP contribution in [0.3, 0.4) is 0 Å². The fourth-order valence-electron chi connectivity index (χ4n) is 5.04. The highest BCUT2D eigenvalue weighted by molar-refractivity contribution is 5.84. The van der Waals surface area contributed by atoms with E-state index >= 15 is 0 Å². The molecule has 178 valence electrons. The predicted molar refractivity (Wildman–Crippen MR) is 141 cm³/mol. The Labute approximate surface area is 209 Å². The molecule has 0 radical (unpaired) electrons. The summed E-state index contributed by atoms with van der Waals surface area (Å²) in [6, 6.07) is 26.2. The van der Waals surface area contributed by atoms with Crippen LogP contribution in [-0.2, 0) is 10.3 Å². The molecule has 0 spiro atoms. The number of fused-ring (bicyclic) bond motifs is 1. The molecule has 0 saturated heterocycles. The monoisotopic (exact) mass is 474 g/mol. The number of rotatable bonds is 5. The minimum absolute atomic E-state index is 0.00800. The molecule has 1 fully saturated rings.